The van der Waals surface area contributed by atoms with Crippen LogP contribution in [0, 0.1) is 0 Å². The number of primary amides is 1. The second kappa shape index (κ2) is 12.4. The molecule has 2 heterocycles. The van der Waals surface area contributed by atoms with Gasteiger partial charge in [0.1, 0.15) is 12.1 Å². The predicted molar refractivity (Wildman–Crippen MR) is 144 cm³/mol. The molecule has 1 aliphatic heterocycles. The molecule has 0 bridgehead atoms. The van der Waals surface area contributed by atoms with Gasteiger partial charge in [-0.25, -0.2) is 4.79 Å². The topological polar surface area (TPSA) is 149 Å². The summed E-state index contributed by atoms with van der Waals surface area (Å²) in [5.74, 6) is -1.06. The van der Waals surface area contributed by atoms with E-state index in [1.165, 1.54) is 23.1 Å². The number of rotatable bonds is 9. The molecule has 37 heavy (non-hydrogen) atoms. The highest BCUT2D eigenvalue weighted by Gasteiger charge is 2.41. The van der Waals surface area contributed by atoms with Gasteiger partial charge in [0.2, 0.25) is 17.7 Å². The number of fused-ring (bicyclic) bond motifs is 1. The largest absolute Gasteiger partial charge is 0.368 e. The first kappa shape index (κ1) is 26.8. The number of hydrogen-bond acceptors (Lipinski definition) is 5. The van der Waals surface area contributed by atoms with E-state index in [1.54, 1.807) is 0 Å². The Labute approximate surface area is 220 Å². The Morgan fingerprint density at radius 2 is 1.84 bits per heavy atom. The third kappa shape index (κ3) is 6.76. The zero-order valence-electron chi connectivity index (χ0n) is 21.1. The molecule has 1 aromatic carbocycles. The third-order valence-corrected chi connectivity index (χ3v) is 7.76. The van der Waals surface area contributed by atoms with Crippen molar-refractivity contribution in [3.63, 3.8) is 0 Å². The molecule has 2 fully saturated rings. The van der Waals surface area contributed by atoms with E-state index in [0.29, 0.717) is 0 Å². The number of carbonyl (C=O) groups excluding carboxylic acids is 4. The molecule has 2 aliphatic rings. The summed E-state index contributed by atoms with van der Waals surface area (Å²) in [6.45, 7) is 0.235. The van der Waals surface area contributed by atoms with Crippen molar-refractivity contribution in [3.8, 4) is 0 Å². The number of H-pyrrole nitrogens is 1. The van der Waals surface area contributed by atoms with Crippen LogP contribution in [0.5, 0.6) is 0 Å². The molecule has 1 aliphatic carbocycles. The fraction of sp³-hybridized carbons (Fsp3) is 0.538. The van der Waals surface area contributed by atoms with Crippen LogP contribution in [0.2, 0.25) is 0 Å². The maximum Gasteiger partial charge on any atom is 0.315 e. The van der Waals surface area contributed by atoms with Gasteiger partial charge in [0.05, 0.1) is 11.8 Å². The standard InChI is InChI=1S/C26H36N6O4S/c1-37-15-23(33)32-14-18(30-26(36)29-17-7-3-2-4-8-17)12-22(32)25(35)31-21(24(27)34)11-16-13-28-20-10-6-5-9-19(16)20/h5-6,9-10,13,17-18,21-22,28H,2-4,7-8,11-12,14-15H2,1H3,(H2,27,34)(H,31,35)(H2,29,30,36). The molecule has 4 rings (SSSR count). The van der Waals surface area contributed by atoms with Crippen molar-refractivity contribution in [1.82, 2.24) is 25.8 Å². The van der Waals surface area contributed by atoms with Crippen molar-refractivity contribution in [2.45, 2.75) is 69.1 Å². The Morgan fingerprint density at radius 3 is 2.57 bits per heavy atom. The number of likely N-dealkylation sites (tertiary alicyclic amines) is 1. The van der Waals surface area contributed by atoms with Crippen LogP contribution in [-0.4, -0.2) is 76.4 Å². The normalized spacial score (nSPS) is 20.9. The van der Waals surface area contributed by atoms with Crippen molar-refractivity contribution in [2.24, 2.45) is 5.73 Å². The van der Waals surface area contributed by atoms with Gasteiger partial charge in [0.25, 0.3) is 0 Å². The first-order chi connectivity index (χ1) is 17.9. The summed E-state index contributed by atoms with van der Waals surface area (Å²) in [4.78, 5) is 55.7. The summed E-state index contributed by atoms with van der Waals surface area (Å²) in [6, 6.07) is 5.46. The molecule has 3 unspecified atom stereocenters. The predicted octanol–water partition coefficient (Wildman–Crippen LogP) is 1.64. The molecule has 2 aromatic rings. The molecule has 10 nitrogen and oxygen atoms in total. The van der Waals surface area contributed by atoms with Gasteiger partial charge < -0.3 is 31.6 Å². The number of benzene rings is 1. The Kier molecular flexibility index (Phi) is 8.96. The fourth-order valence-electron chi connectivity index (χ4n) is 5.34. The smallest absolute Gasteiger partial charge is 0.315 e. The average molecular weight is 529 g/mol. The van der Waals surface area contributed by atoms with E-state index >= 15 is 0 Å². The van der Waals surface area contributed by atoms with Crippen LogP contribution in [0.15, 0.2) is 30.5 Å². The number of thioether (sulfide) groups is 1. The Balaban J connectivity index is 1.42. The second-order valence-electron chi connectivity index (χ2n) is 9.91. The number of hydrogen-bond donors (Lipinski definition) is 5. The van der Waals surface area contributed by atoms with Gasteiger partial charge >= 0.3 is 6.03 Å². The Hall–Kier alpha value is -3.21. The first-order valence-corrected chi connectivity index (χ1v) is 14.2. The number of nitrogens with zero attached hydrogens (tertiary/aromatic N) is 1. The van der Waals surface area contributed by atoms with Gasteiger partial charge in [0, 0.05) is 36.1 Å². The quantitative estimate of drug-likeness (QED) is 0.335. The van der Waals surface area contributed by atoms with Crippen molar-refractivity contribution in [2.75, 3.05) is 18.6 Å². The van der Waals surface area contributed by atoms with Gasteiger partial charge in [-0.3, -0.25) is 14.4 Å². The van der Waals surface area contributed by atoms with Gasteiger partial charge in [-0.15, -0.1) is 0 Å². The number of aromatic nitrogens is 1. The first-order valence-electron chi connectivity index (χ1n) is 12.9. The summed E-state index contributed by atoms with van der Waals surface area (Å²) < 4.78 is 0. The minimum Gasteiger partial charge on any atom is -0.368 e. The second-order valence-corrected chi connectivity index (χ2v) is 10.8. The lowest BCUT2D eigenvalue weighted by Gasteiger charge is -2.25. The molecule has 5 amide bonds. The number of carbonyl (C=O) groups is 4. The number of urea groups is 1. The van der Waals surface area contributed by atoms with E-state index in [0.717, 1.165) is 42.1 Å². The summed E-state index contributed by atoms with van der Waals surface area (Å²) in [6.07, 6.45) is 9.45. The highest BCUT2D eigenvalue weighted by atomic mass is 32.2. The lowest BCUT2D eigenvalue weighted by molar-refractivity contribution is -0.137. The maximum atomic E-state index is 13.4. The van der Waals surface area contributed by atoms with Crippen molar-refractivity contribution in [1.29, 1.82) is 0 Å². The fourth-order valence-corrected chi connectivity index (χ4v) is 5.75. The molecule has 6 N–H and O–H groups in total. The van der Waals surface area contributed by atoms with Crippen LogP contribution >= 0.6 is 11.8 Å². The Morgan fingerprint density at radius 1 is 1.11 bits per heavy atom. The summed E-state index contributed by atoms with van der Waals surface area (Å²) in [7, 11) is 0. The van der Waals surface area contributed by atoms with E-state index < -0.39 is 23.9 Å². The van der Waals surface area contributed by atoms with Crippen molar-refractivity contribution in [3.05, 3.63) is 36.0 Å². The molecule has 1 aromatic heterocycles. The van der Waals surface area contributed by atoms with Crippen LogP contribution in [0.3, 0.4) is 0 Å². The lowest BCUT2D eigenvalue weighted by Crippen LogP contribution is -2.53. The Bertz CT molecular complexity index is 1130. The monoisotopic (exact) mass is 528 g/mol. The van der Waals surface area contributed by atoms with Gasteiger partial charge in [-0.05, 0) is 37.1 Å². The highest BCUT2D eigenvalue weighted by Crippen LogP contribution is 2.22. The number of nitrogens with one attached hydrogen (secondary N) is 4. The van der Waals surface area contributed by atoms with E-state index in [9.17, 15) is 19.2 Å². The van der Waals surface area contributed by atoms with E-state index in [1.807, 2.05) is 36.7 Å². The number of nitrogens with two attached hydrogens (primary N) is 1. The van der Waals surface area contributed by atoms with Crippen molar-refractivity contribution >= 4 is 46.4 Å². The maximum absolute atomic E-state index is 13.4. The molecule has 1 saturated carbocycles. The van der Waals surface area contributed by atoms with Crippen molar-refractivity contribution < 1.29 is 19.2 Å². The zero-order valence-corrected chi connectivity index (χ0v) is 21.9. The summed E-state index contributed by atoms with van der Waals surface area (Å²) in [5, 5.41) is 9.69. The number of amides is 5. The summed E-state index contributed by atoms with van der Waals surface area (Å²) in [5.41, 5.74) is 7.44. The SMILES string of the molecule is CSCC(=O)N1CC(NC(=O)NC2CCCCC2)CC1C(=O)NC(Cc1c[nH]c2ccccc12)C(N)=O. The van der Waals surface area contributed by atoms with Crippen LogP contribution in [0.1, 0.15) is 44.1 Å². The number of aromatic amines is 1. The van der Waals surface area contributed by atoms with Crippen LogP contribution in [0.25, 0.3) is 10.9 Å². The van der Waals surface area contributed by atoms with E-state index in [-0.39, 0.29) is 49.2 Å². The molecule has 11 heteroatoms. The van der Waals surface area contributed by atoms with Gasteiger partial charge in [-0.1, -0.05) is 37.5 Å². The lowest BCUT2D eigenvalue weighted by atomic mass is 9.96. The zero-order chi connectivity index (χ0) is 26.4. The molecule has 200 valence electrons. The van der Waals surface area contributed by atoms with E-state index in [2.05, 4.69) is 20.9 Å². The third-order valence-electron chi connectivity index (χ3n) is 7.23. The van der Waals surface area contributed by atoms with E-state index in [4.69, 9.17) is 5.73 Å². The van der Waals surface area contributed by atoms with Gasteiger partial charge in [-0.2, -0.15) is 11.8 Å². The van der Waals surface area contributed by atoms with Gasteiger partial charge in [0.15, 0.2) is 0 Å². The minimum atomic E-state index is -0.939. The molecular weight excluding hydrogens is 492 g/mol. The van der Waals surface area contributed by atoms with Crippen LogP contribution in [-0.2, 0) is 20.8 Å². The highest BCUT2D eigenvalue weighted by molar-refractivity contribution is 7.99. The minimum absolute atomic E-state index is 0.157. The summed E-state index contributed by atoms with van der Waals surface area (Å²) >= 11 is 1.37. The molecule has 0 radical (unpaired) electrons. The van der Waals surface area contributed by atoms with Crippen LogP contribution < -0.4 is 21.7 Å². The molecule has 0 spiro atoms. The molecule has 1 saturated heterocycles. The number of para-hydroxylation sites is 1. The molecular formula is C26H36N6O4S. The molecule has 3 atom stereocenters. The average Bonchev–Trinajstić information content (AvgIpc) is 3.49. The van der Waals surface area contributed by atoms with Crippen LogP contribution in [0.4, 0.5) is 4.79 Å².